The van der Waals surface area contributed by atoms with E-state index < -0.39 is 10.0 Å². The molecule has 100 valence electrons. The Labute approximate surface area is 117 Å². The lowest BCUT2D eigenvalue weighted by atomic mass is 10.2. The number of aryl methyl sites for hydroxylation is 1. The van der Waals surface area contributed by atoms with Gasteiger partial charge in [-0.3, -0.25) is 0 Å². The van der Waals surface area contributed by atoms with Crippen LogP contribution in [0.1, 0.15) is 12.5 Å². The molecule has 1 aliphatic rings. The molecule has 1 saturated heterocycles. The molecule has 1 aromatic rings. The highest BCUT2D eigenvalue weighted by molar-refractivity contribution is 9.10. The summed E-state index contributed by atoms with van der Waals surface area (Å²) in [5.74, 6) is 0. The van der Waals surface area contributed by atoms with Crippen LogP contribution in [0.5, 0.6) is 0 Å². The quantitative estimate of drug-likeness (QED) is 0.897. The number of halogens is 1. The molecule has 18 heavy (non-hydrogen) atoms. The molecule has 1 atom stereocenters. The van der Waals surface area contributed by atoms with Crippen LogP contribution in [0.15, 0.2) is 27.6 Å². The van der Waals surface area contributed by atoms with Crippen molar-refractivity contribution in [1.29, 1.82) is 0 Å². The largest absolute Gasteiger partial charge is 0.312 e. The van der Waals surface area contributed by atoms with Gasteiger partial charge in [-0.2, -0.15) is 4.31 Å². The second-order valence-corrected chi connectivity index (χ2v) is 7.30. The predicted molar refractivity (Wildman–Crippen MR) is 75.1 cm³/mol. The zero-order valence-corrected chi connectivity index (χ0v) is 12.9. The Morgan fingerprint density at radius 2 is 2.17 bits per heavy atom. The van der Waals surface area contributed by atoms with Crippen molar-refractivity contribution >= 4 is 26.0 Å². The van der Waals surface area contributed by atoms with Gasteiger partial charge in [-0.15, -0.1) is 0 Å². The molecule has 0 saturated carbocycles. The van der Waals surface area contributed by atoms with E-state index in [1.54, 1.807) is 16.4 Å². The molecule has 1 N–H and O–H groups in total. The van der Waals surface area contributed by atoms with E-state index in [-0.39, 0.29) is 6.04 Å². The molecule has 0 bridgehead atoms. The Bertz CT molecular complexity index is 545. The number of sulfonamides is 1. The van der Waals surface area contributed by atoms with Gasteiger partial charge in [-0.05, 0) is 41.4 Å². The van der Waals surface area contributed by atoms with Gasteiger partial charge in [0, 0.05) is 30.1 Å². The molecule has 1 heterocycles. The molecule has 4 nitrogen and oxygen atoms in total. The zero-order chi connectivity index (χ0) is 13.3. The third kappa shape index (κ3) is 2.61. The molecule has 0 aromatic heterocycles. The monoisotopic (exact) mass is 332 g/mol. The highest BCUT2D eigenvalue weighted by Crippen LogP contribution is 2.28. The fraction of sp³-hybridized carbons (Fsp3) is 0.500. The van der Waals surface area contributed by atoms with Gasteiger partial charge in [0.15, 0.2) is 0 Å². The molecule has 1 unspecified atom stereocenters. The molecule has 1 fully saturated rings. The van der Waals surface area contributed by atoms with Crippen molar-refractivity contribution < 1.29 is 8.42 Å². The Hall–Kier alpha value is -0.430. The molecule has 0 aliphatic carbocycles. The maximum Gasteiger partial charge on any atom is 0.244 e. The van der Waals surface area contributed by atoms with Crippen molar-refractivity contribution in [3.05, 3.63) is 28.2 Å². The highest BCUT2D eigenvalue weighted by atomic mass is 79.9. The minimum Gasteiger partial charge on any atom is -0.312 e. The number of nitrogens with one attached hydrogen (secondary N) is 1. The fourth-order valence-electron chi connectivity index (χ4n) is 2.07. The first-order valence-corrected chi connectivity index (χ1v) is 8.15. The van der Waals surface area contributed by atoms with E-state index in [2.05, 4.69) is 21.2 Å². The summed E-state index contributed by atoms with van der Waals surface area (Å²) in [4.78, 5) is 0.358. The van der Waals surface area contributed by atoms with E-state index in [1.165, 1.54) is 0 Å². The first-order chi connectivity index (χ1) is 8.43. The van der Waals surface area contributed by atoms with E-state index in [1.807, 2.05) is 19.9 Å². The second-order valence-electron chi connectivity index (χ2n) is 4.61. The maximum atomic E-state index is 12.6. The summed E-state index contributed by atoms with van der Waals surface area (Å²) < 4.78 is 27.4. The van der Waals surface area contributed by atoms with Crippen LogP contribution >= 0.6 is 15.9 Å². The molecule has 0 spiro atoms. The van der Waals surface area contributed by atoms with Crippen LogP contribution in [-0.4, -0.2) is 38.4 Å². The van der Waals surface area contributed by atoms with Crippen LogP contribution in [0, 0.1) is 6.92 Å². The minimum atomic E-state index is -3.40. The smallest absolute Gasteiger partial charge is 0.244 e. The molecule has 0 radical (unpaired) electrons. The predicted octanol–water partition coefficient (Wildman–Crippen LogP) is 1.74. The summed E-state index contributed by atoms with van der Waals surface area (Å²) in [5, 5.41) is 3.24. The van der Waals surface area contributed by atoms with Crippen LogP contribution in [0.4, 0.5) is 0 Å². The first-order valence-electron chi connectivity index (χ1n) is 5.91. The van der Waals surface area contributed by atoms with Gasteiger partial charge in [-0.25, -0.2) is 8.42 Å². The molecular formula is C12H17BrN2O2S. The molecule has 1 aromatic carbocycles. The summed E-state index contributed by atoms with van der Waals surface area (Å²) in [5.41, 5.74) is 0.930. The fourth-order valence-corrected chi connectivity index (χ4v) is 4.62. The van der Waals surface area contributed by atoms with Crippen molar-refractivity contribution in [2.24, 2.45) is 0 Å². The van der Waals surface area contributed by atoms with Crippen LogP contribution in [0.25, 0.3) is 0 Å². The van der Waals surface area contributed by atoms with Gasteiger partial charge in [0.2, 0.25) is 10.0 Å². The van der Waals surface area contributed by atoms with Crippen LogP contribution in [0.3, 0.4) is 0 Å². The lowest BCUT2D eigenvalue weighted by Gasteiger charge is -2.31. The summed E-state index contributed by atoms with van der Waals surface area (Å²) in [6.07, 6.45) is 0. The van der Waals surface area contributed by atoms with Crippen molar-refractivity contribution in [3.63, 3.8) is 0 Å². The van der Waals surface area contributed by atoms with Crippen molar-refractivity contribution in [3.8, 4) is 0 Å². The van der Waals surface area contributed by atoms with Crippen molar-refractivity contribution in [2.75, 3.05) is 19.6 Å². The van der Waals surface area contributed by atoms with Gasteiger partial charge in [-0.1, -0.05) is 12.1 Å². The number of hydrogen-bond acceptors (Lipinski definition) is 3. The number of nitrogens with zero attached hydrogens (tertiary/aromatic N) is 1. The molecule has 0 amide bonds. The molecule has 1 aliphatic heterocycles. The summed E-state index contributed by atoms with van der Waals surface area (Å²) in [6, 6.07) is 5.51. The van der Waals surface area contributed by atoms with Crippen LogP contribution < -0.4 is 5.32 Å². The summed E-state index contributed by atoms with van der Waals surface area (Å²) in [6.45, 7) is 5.62. The average Bonchev–Trinajstić information content (AvgIpc) is 2.32. The maximum absolute atomic E-state index is 12.6. The number of benzene rings is 1. The third-order valence-corrected chi connectivity index (χ3v) is 6.33. The molecule has 2 rings (SSSR count). The van der Waals surface area contributed by atoms with Gasteiger partial charge in [0.05, 0.1) is 4.90 Å². The van der Waals surface area contributed by atoms with E-state index in [9.17, 15) is 8.42 Å². The van der Waals surface area contributed by atoms with E-state index in [0.29, 0.717) is 29.0 Å². The average molecular weight is 333 g/mol. The molecular weight excluding hydrogens is 316 g/mol. The Morgan fingerprint density at radius 1 is 1.44 bits per heavy atom. The normalized spacial score (nSPS) is 22.1. The first kappa shape index (κ1) is 14.0. The SMILES string of the molecule is Cc1cccc(S(=O)(=O)N2CCNC(C)C2)c1Br. The minimum absolute atomic E-state index is 0.192. The van der Waals surface area contributed by atoms with Crippen LogP contribution in [-0.2, 0) is 10.0 Å². The van der Waals surface area contributed by atoms with Gasteiger partial charge >= 0.3 is 0 Å². The third-order valence-electron chi connectivity index (χ3n) is 3.11. The second kappa shape index (κ2) is 5.28. The van der Waals surface area contributed by atoms with Crippen LogP contribution in [0.2, 0.25) is 0 Å². The van der Waals surface area contributed by atoms with E-state index in [4.69, 9.17) is 0 Å². The standard InChI is InChI=1S/C12H17BrN2O2S/c1-9-4-3-5-11(12(9)13)18(16,17)15-7-6-14-10(2)8-15/h3-5,10,14H,6-8H2,1-2H3. The summed E-state index contributed by atoms with van der Waals surface area (Å²) >= 11 is 3.38. The Morgan fingerprint density at radius 3 is 2.83 bits per heavy atom. The van der Waals surface area contributed by atoms with E-state index >= 15 is 0 Å². The number of hydrogen-bond donors (Lipinski definition) is 1. The van der Waals surface area contributed by atoms with E-state index in [0.717, 1.165) is 5.56 Å². The zero-order valence-electron chi connectivity index (χ0n) is 10.5. The van der Waals surface area contributed by atoms with Gasteiger partial charge in [0.25, 0.3) is 0 Å². The highest BCUT2D eigenvalue weighted by Gasteiger charge is 2.30. The summed E-state index contributed by atoms with van der Waals surface area (Å²) in [7, 11) is -3.40. The Kier molecular flexibility index (Phi) is 4.11. The topological polar surface area (TPSA) is 49.4 Å². The number of piperazine rings is 1. The lowest BCUT2D eigenvalue weighted by Crippen LogP contribution is -2.51. The van der Waals surface area contributed by atoms with Crippen molar-refractivity contribution in [1.82, 2.24) is 9.62 Å². The van der Waals surface area contributed by atoms with Gasteiger partial charge in [0.1, 0.15) is 0 Å². The lowest BCUT2D eigenvalue weighted by molar-refractivity contribution is 0.310. The molecule has 6 heteroatoms. The van der Waals surface area contributed by atoms with Gasteiger partial charge < -0.3 is 5.32 Å². The van der Waals surface area contributed by atoms with Crippen molar-refractivity contribution in [2.45, 2.75) is 24.8 Å². The number of rotatable bonds is 2. The Balaban J connectivity index is 2.39.